The zero-order valence-corrected chi connectivity index (χ0v) is 15.4. The van der Waals surface area contributed by atoms with Crippen LogP contribution >= 0.6 is 0 Å². The van der Waals surface area contributed by atoms with Crippen LogP contribution in [-0.4, -0.2) is 58.7 Å². The minimum atomic E-state index is -3.61. The number of sulfonamides is 1. The summed E-state index contributed by atoms with van der Waals surface area (Å²) < 4.78 is 49.6. The van der Waals surface area contributed by atoms with Gasteiger partial charge in [0.15, 0.2) is 9.84 Å². The van der Waals surface area contributed by atoms with Crippen LogP contribution in [0.3, 0.4) is 0 Å². The van der Waals surface area contributed by atoms with Gasteiger partial charge in [-0.25, -0.2) is 21.6 Å². The number of benzene rings is 1. The highest BCUT2D eigenvalue weighted by atomic mass is 32.2. The van der Waals surface area contributed by atoms with E-state index >= 15 is 0 Å². The fraction of sp³-hybridized carbons (Fsp3) is 0.600. The number of aliphatic hydroxyl groups excluding tert-OH is 1. The van der Waals surface area contributed by atoms with Gasteiger partial charge >= 0.3 is 0 Å². The second kappa shape index (κ2) is 7.49. The SMILES string of the molecule is CC(C)c1ccc(S(=O)(=O)NCCN[C@@H]2CS(=O)(=O)C[C@@H]2O)cc1. The van der Waals surface area contributed by atoms with Gasteiger partial charge in [0.1, 0.15) is 0 Å². The predicted molar refractivity (Wildman–Crippen MR) is 92.2 cm³/mol. The van der Waals surface area contributed by atoms with Crippen molar-refractivity contribution in [1.82, 2.24) is 10.0 Å². The molecule has 1 fully saturated rings. The van der Waals surface area contributed by atoms with Crippen molar-refractivity contribution in [3.05, 3.63) is 29.8 Å². The summed E-state index contributed by atoms with van der Waals surface area (Å²) >= 11 is 0. The first-order chi connectivity index (χ1) is 11.1. The molecule has 9 heteroatoms. The van der Waals surface area contributed by atoms with E-state index < -0.39 is 32.0 Å². The Balaban J connectivity index is 1.85. The van der Waals surface area contributed by atoms with E-state index in [1.54, 1.807) is 24.3 Å². The van der Waals surface area contributed by atoms with Gasteiger partial charge in [-0.05, 0) is 23.6 Å². The monoisotopic (exact) mass is 376 g/mol. The number of rotatable bonds is 7. The van der Waals surface area contributed by atoms with Crippen LogP contribution in [0.5, 0.6) is 0 Å². The van der Waals surface area contributed by atoms with Gasteiger partial charge in [0, 0.05) is 19.1 Å². The van der Waals surface area contributed by atoms with E-state index in [-0.39, 0.29) is 29.5 Å². The minimum Gasteiger partial charge on any atom is -0.390 e. The molecule has 0 radical (unpaired) electrons. The van der Waals surface area contributed by atoms with E-state index in [0.29, 0.717) is 5.92 Å². The predicted octanol–water partition coefficient (Wildman–Crippen LogP) is -0.164. The van der Waals surface area contributed by atoms with Gasteiger partial charge in [-0.2, -0.15) is 0 Å². The van der Waals surface area contributed by atoms with Gasteiger partial charge in [0.05, 0.1) is 22.5 Å². The highest BCUT2D eigenvalue weighted by Gasteiger charge is 2.35. The molecule has 1 heterocycles. The Morgan fingerprint density at radius 2 is 1.79 bits per heavy atom. The third-order valence-corrected chi connectivity index (χ3v) is 7.20. The van der Waals surface area contributed by atoms with Crippen molar-refractivity contribution >= 4 is 19.9 Å². The van der Waals surface area contributed by atoms with E-state index in [0.717, 1.165) is 5.56 Å². The number of sulfone groups is 1. The number of nitrogens with one attached hydrogen (secondary N) is 2. The van der Waals surface area contributed by atoms with Crippen molar-refractivity contribution in [2.75, 3.05) is 24.6 Å². The van der Waals surface area contributed by atoms with Crippen molar-refractivity contribution in [3.63, 3.8) is 0 Å². The molecular weight excluding hydrogens is 352 g/mol. The Bertz CT molecular complexity index is 758. The van der Waals surface area contributed by atoms with E-state index in [1.807, 2.05) is 13.8 Å². The van der Waals surface area contributed by atoms with Gasteiger partial charge in [0.2, 0.25) is 10.0 Å². The zero-order chi connectivity index (χ0) is 18.0. The molecule has 0 unspecified atom stereocenters. The molecular formula is C15H24N2O5S2. The fourth-order valence-corrected chi connectivity index (χ4v) is 5.39. The number of aliphatic hydroxyl groups is 1. The van der Waals surface area contributed by atoms with Crippen LogP contribution in [0.15, 0.2) is 29.2 Å². The molecule has 0 bridgehead atoms. The van der Waals surface area contributed by atoms with Crippen LogP contribution in [0.25, 0.3) is 0 Å². The number of hydrogen-bond donors (Lipinski definition) is 3. The molecule has 136 valence electrons. The van der Waals surface area contributed by atoms with Gasteiger partial charge < -0.3 is 10.4 Å². The van der Waals surface area contributed by atoms with Gasteiger partial charge in [-0.3, -0.25) is 0 Å². The largest absolute Gasteiger partial charge is 0.390 e. The molecule has 2 atom stereocenters. The molecule has 1 aliphatic heterocycles. The molecule has 0 amide bonds. The fourth-order valence-electron chi connectivity index (χ4n) is 2.58. The van der Waals surface area contributed by atoms with Crippen LogP contribution in [0, 0.1) is 0 Å². The molecule has 24 heavy (non-hydrogen) atoms. The van der Waals surface area contributed by atoms with Gasteiger partial charge in [0.25, 0.3) is 0 Å². The average Bonchev–Trinajstić information content (AvgIpc) is 2.76. The zero-order valence-electron chi connectivity index (χ0n) is 13.8. The maximum absolute atomic E-state index is 12.2. The lowest BCUT2D eigenvalue weighted by Gasteiger charge is -2.15. The van der Waals surface area contributed by atoms with Gasteiger partial charge in [-0.1, -0.05) is 26.0 Å². The average molecular weight is 377 g/mol. The lowest BCUT2D eigenvalue weighted by Crippen LogP contribution is -2.42. The molecule has 3 N–H and O–H groups in total. The highest BCUT2D eigenvalue weighted by molar-refractivity contribution is 7.91. The summed E-state index contributed by atoms with van der Waals surface area (Å²) in [6.07, 6.45) is -0.949. The van der Waals surface area contributed by atoms with Crippen LogP contribution in [0.2, 0.25) is 0 Å². The maximum Gasteiger partial charge on any atom is 0.240 e. The van der Waals surface area contributed by atoms with Gasteiger partial charge in [-0.15, -0.1) is 0 Å². The first-order valence-electron chi connectivity index (χ1n) is 7.82. The Labute approximate surface area is 143 Å². The summed E-state index contributed by atoms with van der Waals surface area (Å²) in [5.74, 6) is -0.0519. The first kappa shape index (κ1) is 19.3. The van der Waals surface area contributed by atoms with Crippen LogP contribution in [-0.2, 0) is 19.9 Å². The minimum absolute atomic E-state index is 0.109. The van der Waals surface area contributed by atoms with Crippen LogP contribution in [0.1, 0.15) is 25.3 Å². The molecule has 7 nitrogen and oxygen atoms in total. The van der Waals surface area contributed by atoms with E-state index in [1.165, 1.54) is 0 Å². The highest BCUT2D eigenvalue weighted by Crippen LogP contribution is 2.17. The molecule has 0 aliphatic carbocycles. The summed E-state index contributed by atoms with van der Waals surface area (Å²) in [7, 11) is -6.82. The summed E-state index contributed by atoms with van der Waals surface area (Å²) in [6, 6.07) is 6.16. The van der Waals surface area contributed by atoms with E-state index in [2.05, 4.69) is 10.0 Å². The second-order valence-electron chi connectivity index (χ2n) is 6.33. The van der Waals surface area contributed by atoms with E-state index in [4.69, 9.17) is 0 Å². The lowest BCUT2D eigenvalue weighted by molar-refractivity contribution is 0.166. The summed E-state index contributed by atoms with van der Waals surface area (Å²) in [4.78, 5) is 0.190. The summed E-state index contributed by atoms with van der Waals surface area (Å²) in [5.41, 5.74) is 1.06. The quantitative estimate of drug-likeness (QED) is 0.570. The first-order valence-corrected chi connectivity index (χ1v) is 11.1. The smallest absolute Gasteiger partial charge is 0.240 e. The Morgan fingerprint density at radius 3 is 2.29 bits per heavy atom. The van der Waals surface area contributed by atoms with Crippen molar-refractivity contribution in [2.45, 2.75) is 36.8 Å². The molecule has 1 aliphatic rings. The van der Waals surface area contributed by atoms with Crippen molar-refractivity contribution in [1.29, 1.82) is 0 Å². The van der Waals surface area contributed by atoms with Crippen LogP contribution < -0.4 is 10.0 Å². The number of hydrogen-bond acceptors (Lipinski definition) is 6. The third kappa shape index (κ3) is 5.00. The summed E-state index contributed by atoms with van der Waals surface area (Å²) in [5, 5.41) is 12.5. The molecule has 1 aromatic rings. The molecule has 0 spiro atoms. The Hall–Kier alpha value is -1.00. The molecule has 0 saturated carbocycles. The summed E-state index contributed by atoms with van der Waals surface area (Å²) in [6.45, 7) is 4.41. The molecule has 2 rings (SSSR count). The Kier molecular flexibility index (Phi) is 6.03. The van der Waals surface area contributed by atoms with Crippen LogP contribution in [0.4, 0.5) is 0 Å². The molecule has 1 saturated heterocycles. The molecule has 0 aromatic heterocycles. The van der Waals surface area contributed by atoms with Crippen molar-refractivity contribution in [2.24, 2.45) is 0 Å². The van der Waals surface area contributed by atoms with E-state index in [9.17, 15) is 21.9 Å². The topological polar surface area (TPSA) is 113 Å². The normalized spacial score (nSPS) is 23.7. The third-order valence-electron chi connectivity index (χ3n) is 4.00. The maximum atomic E-state index is 12.2. The standard InChI is InChI=1S/C15H24N2O5S2/c1-11(2)12-3-5-13(6-4-12)24(21,22)17-8-7-16-14-9-23(19,20)10-15(14)18/h3-6,11,14-18H,7-10H2,1-2H3/t14-,15+/m1/s1. The van der Waals surface area contributed by atoms with Crippen molar-refractivity contribution < 1.29 is 21.9 Å². The van der Waals surface area contributed by atoms with Crippen molar-refractivity contribution in [3.8, 4) is 0 Å². The second-order valence-corrected chi connectivity index (χ2v) is 10.2. The lowest BCUT2D eigenvalue weighted by atomic mass is 10.0. The molecule has 1 aromatic carbocycles. The Morgan fingerprint density at radius 1 is 1.17 bits per heavy atom.